The lowest BCUT2D eigenvalue weighted by Gasteiger charge is -2.19. The van der Waals surface area contributed by atoms with Gasteiger partial charge in [0.2, 0.25) is 5.91 Å². The Balaban J connectivity index is 2.27. The van der Waals surface area contributed by atoms with E-state index in [9.17, 15) is 4.79 Å². The minimum atomic E-state index is -0.221. The Labute approximate surface area is 66.1 Å². The van der Waals surface area contributed by atoms with Crippen LogP contribution in [0.4, 0.5) is 0 Å². The van der Waals surface area contributed by atoms with Gasteiger partial charge in [0.05, 0.1) is 5.41 Å². The summed E-state index contributed by atoms with van der Waals surface area (Å²) in [5.74, 6) is 0.516. The van der Waals surface area contributed by atoms with Crippen LogP contribution in [0.15, 0.2) is 0 Å². The van der Waals surface area contributed by atoms with Crippen molar-refractivity contribution in [3.63, 3.8) is 0 Å². The molecule has 0 aromatic rings. The lowest BCUT2D eigenvalue weighted by Crippen LogP contribution is -2.30. The third-order valence-electron chi connectivity index (χ3n) is 2.88. The van der Waals surface area contributed by atoms with Crippen molar-refractivity contribution in [1.82, 2.24) is 5.32 Å². The van der Waals surface area contributed by atoms with Gasteiger partial charge in [0.15, 0.2) is 0 Å². The van der Waals surface area contributed by atoms with Crippen LogP contribution < -0.4 is 5.32 Å². The SMILES string of the molecule is CC1(C)C(=O)NC2OCCC21. The minimum Gasteiger partial charge on any atom is -0.358 e. The quantitative estimate of drug-likeness (QED) is 0.553. The van der Waals surface area contributed by atoms with E-state index >= 15 is 0 Å². The smallest absolute Gasteiger partial charge is 0.228 e. The molecule has 0 spiro atoms. The lowest BCUT2D eigenvalue weighted by molar-refractivity contribution is -0.127. The first-order chi connectivity index (χ1) is 5.12. The van der Waals surface area contributed by atoms with Crippen LogP contribution in [0.2, 0.25) is 0 Å². The second-order valence-corrected chi connectivity index (χ2v) is 3.88. The summed E-state index contributed by atoms with van der Waals surface area (Å²) in [6.45, 7) is 4.77. The Hall–Kier alpha value is -0.570. The molecule has 0 aromatic heterocycles. The van der Waals surface area contributed by atoms with E-state index < -0.39 is 0 Å². The highest BCUT2D eigenvalue weighted by molar-refractivity contribution is 5.84. The number of hydrogen-bond donors (Lipinski definition) is 1. The number of nitrogens with one attached hydrogen (secondary N) is 1. The lowest BCUT2D eigenvalue weighted by atomic mass is 9.80. The molecule has 1 amide bonds. The zero-order chi connectivity index (χ0) is 8.06. The zero-order valence-corrected chi connectivity index (χ0v) is 6.89. The Kier molecular flexibility index (Phi) is 1.27. The average Bonchev–Trinajstić information content (AvgIpc) is 2.41. The van der Waals surface area contributed by atoms with E-state index in [0.717, 1.165) is 13.0 Å². The van der Waals surface area contributed by atoms with Gasteiger partial charge < -0.3 is 10.1 Å². The van der Waals surface area contributed by atoms with Crippen molar-refractivity contribution in [2.45, 2.75) is 26.5 Å². The molecule has 0 aromatic carbocycles. The van der Waals surface area contributed by atoms with Gasteiger partial charge in [-0.05, 0) is 6.42 Å². The van der Waals surface area contributed by atoms with E-state index in [4.69, 9.17) is 4.74 Å². The molecule has 1 N–H and O–H groups in total. The Morgan fingerprint density at radius 3 is 3.00 bits per heavy atom. The summed E-state index contributed by atoms with van der Waals surface area (Å²) in [5, 5.41) is 2.84. The molecule has 0 aliphatic carbocycles. The Morgan fingerprint density at radius 2 is 2.36 bits per heavy atom. The van der Waals surface area contributed by atoms with Gasteiger partial charge in [0, 0.05) is 12.5 Å². The molecule has 2 unspecified atom stereocenters. The van der Waals surface area contributed by atoms with Crippen molar-refractivity contribution in [1.29, 1.82) is 0 Å². The number of ether oxygens (including phenoxy) is 1. The first kappa shape index (κ1) is 7.10. The predicted octanol–water partition coefficient (Wildman–Crippen LogP) is 0.505. The molecule has 0 bridgehead atoms. The predicted molar refractivity (Wildman–Crippen MR) is 39.8 cm³/mol. The second-order valence-electron chi connectivity index (χ2n) is 3.88. The van der Waals surface area contributed by atoms with E-state index in [1.807, 2.05) is 13.8 Å². The second kappa shape index (κ2) is 1.97. The van der Waals surface area contributed by atoms with Gasteiger partial charge in [-0.15, -0.1) is 0 Å². The maximum atomic E-state index is 11.3. The summed E-state index contributed by atoms with van der Waals surface area (Å²) >= 11 is 0. The maximum Gasteiger partial charge on any atom is 0.228 e. The van der Waals surface area contributed by atoms with Crippen LogP contribution in [-0.2, 0) is 9.53 Å². The number of carbonyl (C=O) groups is 1. The fourth-order valence-corrected chi connectivity index (χ4v) is 1.95. The van der Waals surface area contributed by atoms with Crippen molar-refractivity contribution in [3.05, 3.63) is 0 Å². The number of rotatable bonds is 0. The van der Waals surface area contributed by atoms with Gasteiger partial charge in [-0.25, -0.2) is 0 Å². The standard InChI is InChI=1S/C8H13NO2/c1-8(2)5-3-4-11-6(5)9-7(8)10/h5-6H,3-4H2,1-2H3,(H,9,10). The molecule has 2 aliphatic heterocycles. The van der Waals surface area contributed by atoms with Crippen molar-refractivity contribution >= 4 is 5.91 Å². The summed E-state index contributed by atoms with van der Waals surface area (Å²) in [6, 6.07) is 0. The molecule has 3 heteroatoms. The summed E-state index contributed by atoms with van der Waals surface area (Å²) in [7, 11) is 0. The molecule has 2 saturated heterocycles. The number of amides is 1. The van der Waals surface area contributed by atoms with Crippen LogP contribution in [0.5, 0.6) is 0 Å². The van der Waals surface area contributed by atoms with Crippen LogP contribution in [-0.4, -0.2) is 18.7 Å². The molecule has 2 aliphatic rings. The Bertz CT molecular complexity index is 200. The highest BCUT2D eigenvalue weighted by Crippen LogP contribution is 2.41. The molecule has 0 saturated carbocycles. The molecular weight excluding hydrogens is 142 g/mol. The van der Waals surface area contributed by atoms with Gasteiger partial charge >= 0.3 is 0 Å². The van der Waals surface area contributed by atoms with Crippen LogP contribution in [0.3, 0.4) is 0 Å². The van der Waals surface area contributed by atoms with Crippen LogP contribution in [0.25, 0.3) is 0 Å². The van der Waals surface area contributed by atoms with Crippen molar-refractivity contribution in [2.24, 2.45) is 11.3 Å². The largest absolute Gasteiger partial charge is 0.358 e. The molecule has 2 rings (SSSR count). The van der Waals surface area contributed by atoms with E-state index in [1.165, 1.54) is 0 Å². The number of fused-ring (bicyclic) bond motifs is 1. The fraction of sp³-hybridized carbons (Fsp3) is 0.875. The van der Waals surface area contributed by atoms with Crippen LogP contribution in [0.1, 0.15) is 20.3 Å². The molecular formula is C8H13NO2. The van der Waals surface area contributed by atoms with Gasteiger partial charge in [0.25, 0.3) is 0 Å². The van der Waals surface area contributed by atoms with Gasteiger partial charge in [-0.2, -0.15) is 0 Å². The van der Waals surface area contributed by atoms with E-state index in [-0.39, 0.29) is 17.6 Å². The molecule has 2 heterocycles. The molecule has 3 nitrogen and oxygen atoms in total. The molecule has 62 valence electrons. The highest BCUT2D eigenvalue weighted by atomic mass is 16.5. The van der Waals surface area contributed by atoms with Crippen LogP contribution >= 0.6 is 0 Å². The maximum absolute atomic E-state index is 11.3. The van der Waals surface area contributed by atoms with Crippen molar-refractivity contribution in [2.75, 3.05) is 6.61 Å². The van der Waals surface area contributed by atoms with E-state index in [1.54, 1.807) is 0 Å². The van der Waals surface area contributed by atoms with Crippen molar-refractivity contribution < 1.29 is 9.53 Å². The summed E-state index contributed by atoms with van der Waals surface area (Å²) in [4.78, 5) is 11.3. The molecule has 2 atom stereocenters. The minimum absolute atomic E-state index is 0.00231. The third-order valence-corrected chi connectivity index (χ3v) is 2.88. The molecule has 0 radical (unpaired) electrons. The fourth-order valence-electron chi connectivity index (χ4n) is 1.95. The van der Waals surface area contributed by atoms with E-state index in [2.05, 4.69) is 5.32 Å². The first-order valence-corrected chi connectivity index (χ1v) is 4.05. The van der Waals surface area contributed by atoms with Gasteiger partial charge in [-0.3, -0.25) is 4.79 Å². The van der Waals surface area contributed by atoms with Gasteiger partial charge in [0.1, 0.15) is 6.23 Å². The number of hydrogen-bond acceptors (Lipinski definition) is 2. The normalized spacial score (nSPS) is 40.4. The topological polar surface area (TPSA) is 38.3 Å². The van der Waals surface area contributed by atoms with E-state index in [0.29, 0.717) is 5.92 Å². The monoisotopic (exact) mass is 155 g/mol. The highest BCUT2D eigenvalue weighted by Gasteiger charge is 2.51. The zero-order valence-electron chi connectivity index (χ0n) is 6.89. The molecule has 2 fully saturated rings. The summed E-state index contributed by atoms with van der Waals surface area (Å²) in [5.41, 5.74) is -0.221. The average molecular weight is 155 g/mol. The van der Waals surface area contributed by atoms with Crippen LogP contribution in [0, 0.1) is 11.3 Å². The Morgan fingerprint density at radius 1 is 1.64 bits per heavy atom. The van der Waals surface area contributed by atoms with Gasteiger partial charge in [-0.1, -0.05) is 13.8 Å². The third kappa shape index (κ3) is 0.805. The first-order valence-electron chi connectivity index (χ1n) is 4.05. The summed E-state index contributed by atoms with van der Waals surface area (Å²) in [6.07, 6.45) is 1.01. The molecule has 11 heavy (non-hydrogen) atoms. The number of carbonyl (C=O) groups excluding carboxylic acids is 1. The van der Waals surface area contributed by atoms with Crippen molar-refractivity contribution in [3.8, 4) is 0 Å². The summed E-state index contributed by atoms with van der Waals surface area (Å²) < 4.78 is 5.35.